The predicted octanol–water partition coefficient (Wildman–Crippen LogP) is 2.32. The minimum absolute atomic E-state index is 0.0452. The molecule has 3 heterocycles. The number of benzene rings is 2. The molecule has 0 aliphatic carbocycles. The highest BCUT2D eigenvalue weighted by Gasteiger charge is 2.27. The first kappa shape index (κ1) is 21.2. The van der Waals surface area contributed by atoms with Gasteiger partial charge in [0.25, 0.3) is 11.8 Å². The lowest BCUT2D eigenvalue weighted by molar-refractivity contribution is 0.0780. The van der Waals surface area contributed by atoms with Gasteiger partial charge in [-0.2, -0.15) is 5.10 Å². The maximum atomic E-state index is 12.6. The molecule has 33 heavy (non-hydrogen) atoms. The van der Waals surface area contributed by atoms with Crippen LogP contribution in [0.15, 0.2) is 53.4 Å². The summed E-state index contributed by atoms with van der Waals surface area (Å²) in [6, 6.07) is 13.5. The van der Waals surface area contributed by atoms with Gasteiger partial charge in [-0.15, -0.1) is 0 Å². The molecule has 0 saturated carbocycles. The summed E-state index contributed by atoms with van der Waals surface area (Å²) in [4.78, 5) is 29.0. The fourth-order valence-corrected chi connectivity index (χ4v) is 4.85. The molecule has 1 aromatic heterocycles. The normalized spacial score (nSPS) is 15.4. The minimum Gasteiger partial charge on any atom is -0.341 e. The monoisotopic (exact) mass is 465 g/mol. The molecule has 2 aliphatic rings. The Morgan fingerprint density at radius 3 is 2.52 bits per heavy atom. The first-order valence-corrected chi connectivity index (χ1v) is 12.4. The Balaban J connectivity index is 1.35. The molecular formula is C23H23N5O4S. The number of carbonyl (C=O) groups is 2. The Hall–Kier alpha value is -3.66. The fraction of sp³-hybridized carbons (Fsp3) is 0.261. The molecular weight excluding hydrogens is 442 g/mol. The number of amides is 2. The lowest BCUT2D eigenvalue weighted by atomic mass is 9.98. The van der Waals surface area contributed by atoms with Gasteiger partial charge in [-0.05, 0) is 54.4 Å². The van der Waals surface area contributed by atoms with Crippen LogP contribution in [0, 0.1) is 0 Å². The Morgan fingerprint density at radius 2 is 1.79 bits per heavy atom. The largest absolute Gasteiger partial charge is 0.341 e. The molecule has 170 valence electrons. The predicted molar refractivity (Wildman–Crippen MR) is 124 cm³/mol. The molecule has 2 aromatic carbocycles. The summed E-state index contributed by atoms with van der Waals surface area (Å²) in [5, 5.41) is 7.27. The van der Waals surface area contributed by atoms with E-state index in [-0.39, 0.29) is 16.7 Å². The fourth-order valence-electron chi connectivity index (χ4n) is 4.22. The average molecular weight is 466 g/mol. The van der Waals surface area contributed by atoms with Crippen molar-refractivity contribution in [3.05, 3.63) is 65.2 Å². The molecule has 10 heteroatoms. The summed E-state index contributed by atoms with van der Waals surface area (Å²) >= 11 is 0. The van der Waals surface area contributed by atoms with Crippen molar-refractivity contribution in [1.29, 1.82) is 0 Å². The lowest BCUT2D eigenvalue weighted by Crippen LogP contribution is -2.34. The van der Waals surface area contributed by atoms with Crippen molar-refractivity contribution >= 4 is 39.0 Å². The van der Waals surface area contributed by atoms with Crippen molar-refractivity contribution in [3.63, 3.8) is 0 Å². The van der Waals surface area contributed by atoms with E-state index in [4.69, 9.17) is 0 Å². The second kappa shape index (κ2) is 7.73. The molecule has 0 atom stereocenters. The summed E-state index contributed by atoms with van der Waals surface area (Å²) < 4.78 is 25.0. The zero-order chi connectivity index (χ0) is 23.3. The molecule has 0 spiro atoms. The highest BCUT2D eigenvalue weighted by atomic mass is 32.2. The topological polar surface area (TPSA) is 105 Å². The molecule has 0 radical (unpaired) electrons. The standard InChI is InChI=1S/C23H23N5O4S/c1-26-10-9-16-13-17(5-8-19(16)23(26)30)27-11-12-28-21(27)14-20(25-28)24-22(29)15-3-6-18(7-4-15)33(2,31)32/h3-8,13-14H,9-12H2,1-2H3,(H,24,25,29). The van der Waals surface area contributed by atoms with Crippen molar-refractivity contribution < 1.29 is 18.0 Å². The molecule has 5 rings (SSSR count). The van der Waals surface area contributed by atoms with Gasteiger partial charge in [0.05, 0.1) is 11.4 Å². The Morgan fingerprint density at radius 1 is 1.03 bits per heavy atom. The molecule has 1 N–H and O–H groups in total. The molecule has 9 nitrogen and oxygen atoms in total. The maximum absolute atomic E-state index is 12.6. The van der Waals surface area contributed by atoms with Crippen LogP contribution >= 0.6 is 0 Å². The van der Waals surface area contributed by atoms with Crippen LogP contribution in [0.2, 0.25) is 0 Å². The van der Waals surface area contributed by atoms with E-state index in [1.165, 1.54) is 24.3 Å². The lowest BCUT2D eigenvalue weighted by Gasteiger charge is -2.26. The number of hydrogen-bond acceptors (Lipinski definition) is 6. The number of nitrogens with zero attached hydrogens (tertiary/aromatic N) is 4. The molecule has 2 aliphatic heterocycles. The summed E-state index contributed by atoms with van der Waals surface area (Å²) in [5.74, 6) is 0.956. The second-order valence-corrected chi connectivity index (χ2v) is 10.3. The van der Waals surface area contributed by atoms with Gasteiger partial charge in [0.15, 0.2) is 15.7 Å². The first-order valence-electron chi connectivity index (χ1n) is 10.6. The summed E-state index contributed by atoms with van der Waals surface area (Å²) in [6.45, 7) is 2.12. The smallest absolute Gasteiger partial charge is 0.256 e. The van der Waals surface area contributed by atoms with Crippen LogP contribution in [0.5, 0.6) is 0 Å². The Labute approximate surface area is 191 Å². The Kier molecular flexibility index (Phi) is 4.97. The van der Waals surface area contributed by atoms with Crippen LogP contribution in [-0.4, -0.2) is 61.3 Å². The summed E-state index contributed by atoms with van der Waals surface area (Å²) in [6.07, 6.45) is 1.94. The number of fused-ring (bicyclic) bond motifs is 2. The van der Waals surface area contributed by atoms with E-state index in [0.717, 1.165) is 41.9 Å². The van der Waals surface area contributed by atoms with Gasteiger partial charge in [-0.3, -0.25) is 9.59 Å². The molecule has 0 fully saturated rings. The molecule has 0 unspecified atom stereocenters. The highest BCUT2D eigenvalue weighted by molar-refractivity contribution is 7.90. The molecule has 3 aromatic rings. The number of carbonyl (C=O) groups excluding carboxylic acids is 2. The van der Waals surface area contributed by atoms with Crippen molar-refractivity contribution in [1.82, 2.24) is 14.7 Å². The van der Waals surface area contributed by atoms with Crippen LogP contribution in [-0.2, 0) is 22.8 Å². The summed E-state index contributed by atoms with van der Waals surface area (Å²) in [5.41, 5.74) is 3.12. The van der Waals surface area contributed by atoms with Crippen LogP contribution in [0.1, 0.15) is 26.3 Å². The van der Waals surface area contributed by atoms with Crippen LogP contribution in [0.3, 0.4) is 0 Å². The van der Waals surface area contributed by atoms with E-state index >= 15 is 0 Å². The number of sulfone groups is 1. The molecule has 0 saturated heterocycles. The van der Waals surface area contributed by atoms with Gasteiger partial charge >= 0.3 is 0 Å². The quantitative estimate of drug-likeness (QED) is 0.634. The third-order valence-electron chi connectivity index (χ3n) is 6.05. The van der Waals surface area contributed by atoms with Crippen molar-refractivity contribution in [2.45, 2.75) is 17.9 Å². The summed E-state index contributed by atoms with van der Waals surface area (Å²) in [7, 11) is -1.51. The van der Waals surface area contributed by atoms with E-state index < -0.39 is 9.84 Å². The minimum atomic E-state index is -3.32. The average Bonchev–Trinajstić information content (AvgIpc) is 3.36. The zero-order valence-electron chi connectivity index (χ0n) is 18.3. The van der Waals surface area contributed by atoms with Crippen molar-refractivity contribution in [3.8, 4) is 0 Å². The second-order valence-electron chi connectivity index (χ2n) is 8.33. The molecule has 2 amide bonds. The maximum Gasteiger partial charge on any atom is 0.256 e. The van der Waals surface area contributed by atoms with Crippen molar-refractivity contribution in [2.24, 2.45) is 0 Å². The van der Waals surface area contributed by atoms with E-state index in [1.54, 1.807) is 4.90 Å². The highest BCUT2D eigenvalue weighted by Crippen LogP contribution is 2.34. The Bertz CT molecular complexity index is 1380. The van der Waals surface area contributed by atoms with E-state index in [0.29, 0.717) is 24.5 Å². The first-order chi connectivity index (χ1) is 15.7. The number of rotatable bonds is 4. The number of anilines is 3. The van der Waals surface area contributed by atoms with E-state index in [2.05, 4.69) is 21.4 Å². The van der Waals surface area contributed by atoms with Crippen LogP contribution in [0.4, 0.5) is 17.3 Å². The third kappa shape index (κ3) is 3.86. The number of aromatic nitrogens is 2. The van der Waals surface area contributed by atoms with Crippen molar-refractivity contribution in [2.75, 3.05) is 36.6 Å². The molecule has 0 bridgehead atoms. The van der Waals surface area contributed by atoms with E-state index in [9.17, 15) is 18.0 Å². The van der Waals surface area contributed by atoms with E-state index in [1.807, 2.05) is 29.9 Å². The number of hydrogen-bond donors (Lipinski definition) is 1. The SMILES string of the molecule is CN1CCc2cc(N3CCn4nc(NC(=O)c5ccc(S(C)(=O)=O)cc5)cc43)ccc2C1=O. The van der Waals surface area contributed by atoms with Gasteiger partial charge in [0.2, 0.25) is 0 Å². The van der Waals surface area contributed by atoms with Gasteiger partial charge < -0.3 is 15.1 Å². The van der Waals surface area contributed by atoms with Gasteiger partial charge in [0, 0.05) is 49.3 Å². The third-order valence-corrected chi connectivity index (χ3v) is 7.18. The van der Waals surface area contributed by atoms with Gasteiger partial charge in [0.1, 0.15) is 5.82 Å². The zero-order valence-corrected chi connectivity index (χ0v) is 19.1. The number of nitrogens with one attached hydrogen (secondary N) is 1. The number of likely N-dealkylation sites (N-methyl/N-ethyl adjacent to an activating group) is 1. The van der Waals surface area contributed by atoms with Crippen LogP contribution in [0.25, 0.3) is 0 Å². The van der Waals surface area contributed by atoms with Gasteiger partial charge in [-0.1, -0.05) is 0 Å². The van der Waals surface area contributed by atoms with Gasteiger partial charge in [-0.25, -0.2) is 13.1 Å². The van der Waals surface area contributed by atoms with Crippen LogP contribution < -0.4 is 10.2 Å².